The van der Waals surface area contributed by atoms with Gasteiger partial charge in [-0.25, -0.2) is 4.98 Å². The van der Waals surface area contributed by atoms with Crippen LogP contribution in [0.2, 0.25) is 0 Å². The van der Waals surface area contributed by atoms with Gasteiger partial charge in [0.2, 0.25) is 5.89 Å². The molecule has 0 spiro atoms. The third-order valence-corrected chi connectivity index (χ3v) is 2.12. The molecular weight excluding hydrogens is 188 g/mol. The number of aromatic nitrogens is 1. The molecule has 0 aliphatic carbocycles. The number of allylic oxidation sites excluding steroid dienone is 1. The SMILES string of the molecule is CC(C)=Cc1nc2ccc(CN)cc2o1. The molecule has 15 heavy (non-hydrogen) atoms. The Morgan fingerprint density at radius 3 is 2.93 bits per heavy atom. The molecule has 2 rings (SSSR count). The van der Waals surface area contributed by atoms with Crippen molar-refractivity contribution in [3.8, 4) is 0 Å². The lowest BCUT2D eigenvalue weighted by Gasteiger charge is -1.92. The molecule has 0 radical (unpaired) electrons. The molecule has 0 bridgehead atoms. The number of nitrogens with two attached hydrogens (primary N) is 1. The Labute approximate surface area is 88.6 Å². The van der Waals surface area contributed by atoms with E-state index in [1.54, 1.807) is 0 Å². The van der Waals surface area contributed by atoms with Gasteiger partial charge in [-0.2, -0.15) is 0 Å². The number of hydrogen-bond acceptors (Lipinski definition) is 3. The van der Waals surface area contributed by atoms with E-state index in [1.165, 1.54) is 5.57 Å². The van der Waals surface area contributed by atoms with E-state index in [0.717, 1.165) is 16.7 Å². The van der Waals surface area contributed by atoms with Crippen LogP contribution in [0.25, 0.3) is 17.2 Å². The van der Waals surface area contributed by atoms with Crippen LogP contribution >= 0.6 is 0 Å². The Kier molecular flexibility index (Phi) is 2.56. The highest BCUT2D eigenvalue weighted by Crippen LogP contribution is 2.18. The second-order valence-electron chi connectivity index (χ2n) is 3.78. The number of hydrogen-bond donors (Lipinski definition) is 1. The number of nitrogens with zero attached hydrogens (tertiary/aromatic N) is 1. The van der Waals surface area contributed by atoms with Crippen molar-refractivity contribution in [2.75, 3.05) is 0 Å². The summed E-state index contributed by atoms with van der Waals surface area (Å²) >= 11 is 0. The fourth-order valence-electron chi connectivity index (χ4n) is 1.42. The predicted molar refractivity (Wildman–Crippen MR) is 61.2 cm³/mol. The zero-order valence-corrected chi connectivity index (χ0v) is 8.95. The Hall–Kier alpha value is -1.61. The minimum absolute atomic E-state index is 0.522. The lowest BCUT2D eigenvalue weighted by molar-refractivity contribution is 0.588. The Morgan fingerprint density at radius 2 is 2.27 bits per heavy atom. The molecule has 2 aromatic rings. The highest BCUT2D eigenvalue weighted by atomic mass is 16.3. The van der Waals surface area contributed by atoms with Crippen LogP contribution in [0.15, 0.2) is 28.2 Å². The maximum atomic E-state index is 5.58. The summed E-state index contributed by atoms with van der Waals surface area (Å²) in [4.78, 5) is 4.34. The van der Waals surface area contributed by atoms with Crippen LogP contribution in [-0.2, 0) is 6.54 Å². The van der Waals surface area contributed by atoms with E-state index in [1.807, 2.05) is 38.1 Å². The molecule has 0 atom stereocenters. The highest BCUT2D eigenvalue weighted by Gasteiger charge is 2.03. The number of fused-ring (bicyclic) bond motifs is 1. The second kappa shape index (κ2) is 3.87. The summed E-state index contributed by atoms with van der Waals surface area (Å²) in [5.74, 6) is 0.652. The predicted octanol–water partition coefficient (Wildman–Crippen LogP) is 2.71. The molecule has 0 saturated carbocycles. The standard InChI is InChI=1S/C12H14N2O/c1-8(2)5-12-14-10-4-3-9(7-13)6-11(10)15-12/h3-6H,7,13H2,1-2H3. The van der Waals surface area contributed by atoms with E-state index in [0.29, 0.717) is 12.4 Å². The third kappa shape index (κ3) is 2.07. The largest absolute Gasteiger partial charge is 0.437 e. The van der Waals surface area contributed by atoms with Gasteiger partial charge in [-0.05, 0) is 37.6 Å². The second-order valence-corrected chi connectivity index (χ2v) is 3.78. The summed E-state index contributed by atoms with van der Waals surface area (Å²) < 4.78 is 5.58. The van der Waals surface area contributed by atoms with E-state index >= 15 is 0 Å². The molecule has 1 aromatic heterocycles. The van der Waals surface area contributed by atoms with Crippen molar-refractivity contribution in [2.45, 2.75) is 20.4 Å². The van der Waals surface area contributed by atoms with Gasteiger partial charge in [0.15, 0.2) is 5.58 Å². The number of oxazole rings is 1. The van der Waals surface area contributed by atoms with Gasteiger partial charge in [-0.3, -0.25) is 0 Å². The smallest absolute Gasteiger partial charge is 0.219 e. The van der Waals surface area contributed by atoms with E-state index in [9.17, 15) is 0 Å². The Bertz CT molecular complexity index is 507. The maximum absolute atomic E-state index is 5.58. The highest BCUT2D eigenvalue weighted by molar-refractivity contribution is 5.74. The first-order valence-electron chi connectivity index (χ1n) is 4.93. The average molecular weight is 202 g/mol. The lowest BCUT2D eigenvalue weighted by Crippen LogP contribution is -1.94. The van der Waals surface area contributed by atoms with Gasteiger partial charge in [-0.1, -0.05) is 11.6 Å². The summed E-state index contributed by atoms with van der Waals surface area (Å²) in [5.41, 5.74) is 9.45. The van der Waals surface area contributed by atoms with Crippen molar-refractivity contribution >= 4 is 17.2 Å². The summed E-state index contributed by atoms with van der Waals surface area (Å²) in [5, 5.41) is 0. The first kappa shape index (κ1) is 9.93. The molecule has 3 nitrogen and oxygen atoms in total. The molecule has 78 valence electrons. The molecule has 0 saturated heterocycles. The van der Waals surface area contributed by atoms with Crippen LogP contribution in [-0.4, -0.2) is 4.98 Å². The van der Waals surface area contributed by atoms with E-state index in [-0.39, 0.29) is 0 Å². The first-order chi connectivity index (χ1) is 7.19. The minimum Gasteiger partial charge on any atom is -0.437 e. The van der Waals surface area contributed by atoms with Crippen molar-refractivity contribution in [1.29, 1.82) is 0 Å². The molecule has 3 heteroatoms. The topological polar surface area (TPSA) is 52.0 Å². The normalized spacial score (nSPS) is 10.6. The summed E-state index contributed by atoms with van der Waals surface area (Å²) in [6.45, 7) is 4.55. The Balaban J connectivity index is 2.51. The van der Waals surface area contributed by atoms with Crippen LogP contribution in [0.3, 0.4) is 0 Å². The Morgan fingerprint density at radius 1 is 1.47 bits per heavy atom. The van der Waals surface area contributed by atoms with Crippen molar-refractivity contribution in [3.05, 3.63) is 35.2 Å². The fourth-order valence-corrected chi connectivity index (χ4v) is 1.42. The molecule has 2 N–H and O–H groups in total. The van der Waals surface area contributed by atoms with Crippen LogP contribution in [0.4, 0.5) is 0 Å². The van der Waals surface area contributed by atoms with Crippen LogP contribution in [0, 0.1) is 0 Å². The maximum Gasteiger partial charge on any atom is 0.219 e. The minimum atomic E-state index is 0.522. The number of rotatable bonds is 2. The molecule has 1 aromatic carbocycles. The summed E-state index contributed by atoms with van der Waals surface area (Å²) in [6, 6.07) is 5.84. The van der Waals surface area contributed by atoms with Gasteiger partial charge < -0.3 is 10.2 Å². The zero-order valence-electron chi connectivity index (χ0n) is 8.95. The molecule has 0 fully saturated rings. The number of benzene rings is 1. The van der Waals surface area contributed by atoms with Crippen molar-refractivity contribution in [2.24, 2.45) is 5.73 Å². The van der Waals surface area contributed by atoms with Gasteiger partial charge in [-0.15, -0.1) is 0 Å². The lowest BCUT2D eigenvalue weighted by atomic mass is 10.2. The quantitative estimate of drug-likeness (QED) is 0.814. The summed E-state index contributed by atoms with van der Waals surface area (Å²) in [7, 11) is 0. The van der Waals surface area contributed by atoms with Crippen molar-refractivity contribution in [1.82, 2.24) is 4.98 Å². The van der Waals surface area contributed by atoms with Gasteiger partial charge in [0.1, 0.15) is 5.52 Å². The van der Waals surface area contributed by atoms with Crippen LogP contribution in [0.5, 0.6) is 0 Å². The van der Waals surface area contributed by atoms with E-state index in [2.05, 4.69) is 4.98 Å². The average Bonchev–Trinajstić information content (AvgIpc) is 2.57. The van der Waals surface area contributed by atoms with Gasteiger partial charge in [0.25, 0.3) is 0 Å². The van der Waals surface area contributed by atoms with E-state index < -0.39 is 0 Å². The van der Waals surface area contributed by atoms with Crippen molar-refractivity contribution in [3.63, 3.8) is 0 Å². The zero-order chi connectivity index (χ0) is 10.8. The van der Waals surface area contributed by atoms with E-state index in [4.69, 9.17) is 10.2 Å². The van der Waals surface area contributed by atoms with Gasteiger partial charge in [0.05, 0.1) is 0 Å². The molecule has 0 aliphatic heterocycles. The third-order valence-electron chi connectivity index (χ3n) is 2.12. The van der Waals surface area contributed by atoms with Crippen LogP contribution < -0.4 is 5.73 Å². The monoisotopic (exact) mass is 202 g/mol. The molecule has 1 heterocycles. The molecular formula is C12H14N2O. The summed E-state index contributed by atoms with van der Waals surface area (Å²) in [6.07, 6.45) is 1.92. The fraction of sp³-hybridized carbons (Fsp3) is 0.250. The van der Waals surface area contributed by atoms with Crippen molar-refractivity contribution < 1.29 is 4.42 Å². The molecule has 0 unspecified atom stereocenters. The first-order valence-corrected chi connectivity index (χ1v) is 4.93. The van der Waals surface area contributed by atoms with Crippen LogP contribution in [0.1, 0.15) is 25.3 Å². The molecule has 0 amide bonds. The van der Waals surface area contributed by atoms with Gasteiger partial charge >= 0.3 is 0 Å². The molecule has 0 aliphatic rings. The van der Waals surface area contributed by atoms with Gasteiger partial charge in [0, 0.05) is 6.54 Å².